The maximum Gasteiger partial charge on any atom is 0.151 e. The first-order valence-electron chi connectivity index (χ1n) is 4.89. The summed E-state index contributed by atoms with van der Waals surface area (Å²) in [6, 6.07) is 0.121. The highest BCUT2D eigenvalue weighted by molar-refractivity contribution is 7.91. The zero-order valence-corrected chi connectivity index (χ0v) is 9.02. The number of hydrogen-bond donors (Lipinski definition) is 3. The highest BCUT2D eigenvalue weighted by Crippen LogP contribution is 2.10. The number of rotatable bonds is 6. The quantitative estimate of drug-likeness (QED) is 0.469. The number of aliphatic hydroxyl groups is 1. The minimum Gasteiger partial charge on any atom is -0.395 e. The first kappa shape index (κ1) is 11.9. The fraction of sp³-hybridized carbons (Fsp3) is 1.00. The van der Waals surface area contributed by atoms with Crippen LogP contribution in [0.3, 0.4) is 0 Å². The Labute approximate surface area is 84.8 Å². The van der Waals surface area contributed by atoms with Gasteiger partial charge in [-0.25, -0.2) is 8.42 Å². The molecule has 0 amide bonds. The molecule has 1 unspecified atom stereocenters. The lowest BCUT2D eigenvalue weighted by Crippen LogP contribution is -2.36. The zero-order chi connectivity index (χ0) is 10.4. The Morgan fingerprint density at radius 1 is 1.29 bits per heavy atom. The molecule has 14 heavy (non-hydrogen) atoms. The lowest BCUT2D eigenvalue weighted by molar-refractivity contribution is 0.292. The van der Waals surface area contributed by atoms with Crippen molar-refractivity contribution in [2.24, 2.45) is 0 Å². The van der Waals surface area contributed by atoms with Crippen LogP contribution < -0.4 is 10.6 Å². The van der Waals surface area contributed by atoms with Gasteiger partial charge in [0.25, 0.3) is 0 Å². The molecule has 3 N–H and O–H groups in total. The van der Waals surface area contributed by atoms with Crippen LogP contribution in [0.5, 0.6) is 0 Å². The van der Waals surface area contributed by atoms with Gasteiger partial charge in [0.2, 0.25) is 0 Å². The highest BCUT2D eigenvalue weighted by Gasteiger charge is 2.26. The van der Waals surface area contributed by atoms with Crippen molar-refractivity contribution in [3.8, 4) is 0 Å². The van der Waals surface area contributed by atoms with Crippen LogP contribution in [0.1, 0.15) is 6.42 Å². The highest BCUT2D eigenvalue weighted by atomic mass is 32.2. The van der Waals surface area contributed by atoms with Crippen LogP contribution in [0.15, 0.2) is 0 Å². The summed E-state index contributed by atoms with van der Waals surface area (Å²) in [5.41, 5.74) is 0. The fourth-order valence-corrected chi connectivity index (χ4v) is 3.23. The molecule has 1 saturated heterocycles. The molecule has 0 radical (unpaired) electrons. The van der Waals surface area contributed by atoms with Crippen LogP contribution >= 0.6 is 0 Å². The van der Waals surface area contributed by atoms with Gasteiger partial charge in [0.1, 0.15) is 0 Å². The van der Waals surface area contributed by atoms with Gasteiger partial charge in [-0.1, -0.05) is 0 Å². The summed E-state index contributed by atoms with van der Waals surface area (Å²) in [4.78, 5) is 0. The maximum atomic E-state index is 11.1. The summed E-state index contributed by atoms with van der Waals surface area (Å²) < 4.78 is 22.2. The summed E-state index contributed by atoms with van der Waals surface area (Å²) >= 11 is 0. The van der Waals surface area contributed by atoms with E-state index in [1.165, 1.54) is 0 Å². The molecule has 0 bridgehead atoms. The van der Waals surface area contributed by atoms with Gasteiger partial charge in [0.05, 0.1) is 18.1 Å². The van der Waals surface area contributed by atoms with Gasteiger partial charge in [0.15, 0.2) is 9.84 Å². The van der Waals surface area contributed by atoms with Crippen molar-refractivity contribution in [3.63, 3.8) is 0 Å². The Morgan fingerprint density at radius 2 is 2.07 bits per heavy atom. The molecule has 1 fully saturated rings. The molecule has 0 spiro atoms. The van der Waals surface area contributed by atoms with Crippen LogP contribution in [-0.2, 0) is 9.84 Å². The summed E-state index contributed by atoms with van der Waals surface area (Å²) in [5.74, 6) is 0.585. The predicted octanol–water partition coefficient (Wildman–Crippen LogP) is -1.65. The molecule has 0 aromatic carbocycles. The van der Waals surface area contributed by atoms with E-state index in [9.17, 15) is 8.42 Å². The minimum absolute atomic E-state index is 0.121. The molecule has 0 aromatic rings. The van der Waals surface area contributed by atoms with Gasteiger partial charge in [-0.05, 0) is 6.42 Å². The van der Waals surface area contributed by atoms with Crippen molar-refractivity contribution in [3.05, 3.63) is 0 Å². The molecule has 0 aliphatic carbocycles. The van der Waals surface area contributed by atoms with E-state index in [2.05, 4.69) is 10.6 Å². The summed E-state index contributed by atoms with van der Waals surface area (Å²) in [6.45, 7) is 2.24. The van der Waals surface area contributed by atoms with Gasteiger partial charge >= 0.3 is 0 Å². The van der Waals surface area contributed by atoms with E-state index in [0.29, 0.717) is 12.3 Å². The molecule has 84 valence electrons. The lowest BCUT2D eigenvalue weighted by Gasteiger charge is -2.10. The van der Waals surface area contributed by atoms with Crippen LogP contribution in [0.25, 0.3) is 0 Å². The van der Waals surface area contributed by atoms with Crippen LogP contribution in [0, 0.1) is 0 Å². The maximum absolute atomic E-state index is 11.1. The third-order valence-electron chi connectivity index (χ3n) is 2.26. The average molecular weight is 222 g/mol. The van der Waals surface area contributed by atoms with E-state index in [0.717, 1.165) is 19.5 Å². The predicted molar refractivity (Wildman–Crippen MR) is 55.0 cm³/mol. The van der Waals surface area contributed by atoms with Crippen LogP contribution in [0.4, 0.5) is 0 Å². The third-order valence-corrected chi connectivity index (χ3v) is 4.02. The van der Waals surface area contributed by atoms with E-state index in [1.807, 2.05) is 0 Å². The van der Waals surface area contributed by atoms with Gasteiger partial charge in [-0.2, -0.15) is 0 Å². The Kier molecular flexibility index (Phi) is 4.80. The van der Waals surface area contributed by atoms with Crippen molar-refractivity contribution in [1.29, 1.82) is 0 Å². The van der Waals surface area contributed by atoms with Crippen molar-refractivity contribution in [2.75, 3.05) is 37.7 Å². The molecule has 1 rings (SSSR count). The molecule has 1 aliphatic heterocycles. The molecule has 0 saturated carbocycles. The molecular weight excluding hydrogens is 204 g/mol. The molecule has 1 heterocycles. The van der Waals surface area contributed by atoms with Crippen molar-refractivity contribution >= 4 is 9.84 Å². The van der Waals surface area contributed by atoms with Gasteiger partial charge in [-0.3, -0.25) is 0 Å². The molecule has 6 heteroatoms. The molecule has 0 aromatic heterocycles. The number of sulfone groups is 1. The number of hydrogen-bond acceptors (Lipinski definition) is 5. The molecular formula is C8H18N2O3S. The van der Waals surface area contributed by atoms with Crippen LogP contribution in [-0.4, -0.2) is 57.3 Å². The largest absolute Gasteiger partial charge is 0.395 e. The Balaban J connectivity index is 2.03. The Morgan fingerprint density at radius 3 is 2.64 bits per heavy atom. The average Bonchev–Trinajstić information content (AvgIpc) is 2.45. The monoisotopic (exact) mass is 222 g/mol. The topological polar surface area (TPSA) is 78.4 Å². The molecule has 1 atom stereocenters. The van der Waals surface area contributed by atoms with E-state index in [-0.39, 0.29) is 18.4 Å². The summed E-state index contributed by atoms with van der Waals surface area (Å²) in [5, 5.41) is 14.7. The van der Waals surface area contributed by atoms with E-state index in [4.69, 9.17) is 5.11 Å². The Bertz CT molecular complexity index is 253. The second-order valence-electron chi connectivity index (χ2n) is 3.53. The van der Waals surface area contributed by atoms with E-state index >= 15 is 0 Å². The van der Waals surface area contributed by atoms with E-state index < -0.39 is 9.84 Å². The van der Waals surface area contributed by atoms with E-state index in [1.54, 1.807) is 0 Å². The summed E-state index contributed by atoms with van der Waals surface area (Å²) in [6.07, 6.45) is 0.725. The second kappa shape index (κ2) is 5.65. The zero-order valence-electron chi connectivity index (χ0n) is 8.20. The van der Waals surface area contributed by atoms with Crippen molar-refractivity contribution in [1.82, 2.24) is 10.6 Å². The first-order valence-corrected chi connectivity index (χ1v) is 6.71. The summed E-state index contributed by atoms with van der Waals surface area (Å²) in [7, 11) is -2.77. The SMILES string of the molecule is O=S1(=O)CCC(NCCNCCO)C1. The standard InChI is InChI=1S/C8H18N2O3S/c11-5-4-9-2-3-10-8-1-6-14(12,13)7-8/h8-11H,1-7H2. The smallest absolute Gasteiger partial charge is 0.151 e. The van der Waals surface area contributed by atoms with Gasteiger partial charge < -0.3 is 15.7 Å². The molecule has 5 nitrogen and oxygen atoms in total. The van der Waals surface area contributed by atoms with Crippen LogP contribution in [0.2, 0.25) is 0 Å². The minimum atomic E-state index is -2.77. The van der Waals surface area contributed by atoms with Crippen molar-refractivity contribution < 1.29 is 13.5 Å². The molecule has 1 aliphatic rings. The first-order chi connectivity index (χ1) is 6.64. The second-order valence-corrected chi connectivity index (χ2v) is 5.76. The lowest BCUT2D eigenvalue weighted by atomic mass is 10.3. The fourth-order valence-electron chi connectivity index (χ4n) is 1.52. The Hall–Kier alpha value is -0.170. The number of aliphatic hydroxyl groups excluding tert-OH is 1. The van der Waals surface area contributed by atoms with Gasteiger partial charge in [-0.15, -0.1) is 0 Å². The number of nitrogens with one attached hydrogen (secondary N) is 2. The van der Waals surface area contributed by atoms with Gasteiger partial charge in [0, 0.05) is 25.7 Å². The van der Waals surface area contributed by atoms with Crippen molar-refractivity contribution in [2.45, 2.75) is 12.5 Å². The third kappa shape index (κ3) is 4.36. The normalized spacial score (nSPS) is 25.4.